The minimum Gasteiger partial charge on any atom is -0.494 e. The molecule has 3 nitrogen and oxygen atoms in total. The molecular weight excluding hydrogens is 344 g/mol. The Labute approximate surface area is 171 Å². The van der Waals surface area contributed by atoms with E-state index in [0.29, 0.717) is 6.61 Å². The predicted octanol–water partition coefficient (Wildman–Crippen LogP) is 6.86. The van der Waals surface area contributed by atoms with E-state index in [0.717, 1.165) is 41.0 Å². The van der Waals surface area contributed by atoms with Crippen LogP contribution in [0, 0.1) is 11.8 Å². The van der Waals surface area contributed by atoms with E-state index in [2.05, 4.69) is 29.0 Å². The van der Waals surface area contributed by atoms with Gasteiger partial charge in [0.25, 0.3) is 0 Å². The highest BCUT2D eigenvalue weighted by atomic mass is 16.5. The molecule has 3 heteroatoms. The van der Waals surface area contributed by atoms with Crippen molar-refractivity contribution in [2.75, 3.05) is 6.61 Å². The van der Waals surface area contributed by atoms with Crippen molar-refractivity contribution < 1.29 is 4.74 Å². The monoisotopic (exact) mass is 380 g/mol. The number of nitrogens with zero attached hydrogens (tertiary/aromatic N) is 2. The Bertz CT molecular complexity index is 673. The van der Waals surface area contributed by atoms with Crippen LogP contribution < -0.4 is 4.74 Å². The van der Waals surface area contributed by atoms with E-state index >= 15 is 0 Å². The number of aromatic nitrogens is 2. The van der Waals surface area contributed by atoms with E-state index in [1.54, 1.807) is 0 Å². The van der Waals surface area contributed by atoms with E-state index in [1.807, 2.05) is 31.5 Å². The number of aryl methyl sites for hydroxylation is 1. The quantitative estimate of drug-likeness (QED) is 0.422. The van der Waals surface area contributed by atoms with Crippen LogP contribution in [0.4, 0.5) is 0 Å². The third kappa shape index (κ3) is 6.32. The molecule has 0 aliphatic heterocycles. The zero-order valence-corrected chi connectivity index (χ0v) is 17.7. The van der Waals surface area contributed by atoms with Gasteiger partial charge in [-0.05, 0) is 42.9 Å². The molecule has 1 saturated carbocycles. The molecule has 1 aromatic heterocycles. The summed E-state index contributed by atoms with van der Waals surface area (Å²) in [5.41, 5.74) is 2.20. The Morgan fingerprint density at radius 3 is 2.07 bits per heavy atom. The van der Waals surface area contributed by atoms with E-state index in [9.17, 15) is 0 Å². The zero-order valence-electron chi connectivity index (χ0n) is 17.7. The summed E-state index contributed by atoms with van der Waals surface area (Å²) in [5.74, 6) is 3.76. The third-order valence-corrected chi connectivity index (χ3v) is 6.16. The number of ether oxygens (including phenoxy) is 1. The van der Waals surface area contributed by atoms with Crippen molar-refractivity contribution in [3.8, 4) is 16.9 Å². The molecule has 1 aliphatic rings. The summed E-state index contributed by atoms with van der Waals surface area (Å²) >= 11 is 0. The lowest BCUT2D eigenvalue weighted by Crippen LogP contribution is -2.15. The van der Waals surface area contributed by atoms with Gasteiger partial charge in [-0.15, -0.1) is 0 Å². The first-order valence-electron chi connectivity index (χ1n) is 11.3. The van der Waals surface area contributed by atoms with Gasteiger partial charge in [-0.1, -0.05) is 70.4 Å². The van der Waals surface area contributed by atoms with Crippen molar-refractivity contribution >= 4 is 0 Å². The van der Waals surface area contributed by atoms with E-state index in [1.165, 1.54) is 57.8 Å². The predicted molar refractivity (Wildman–Crippen MR) is 117 cm³/mol. The van der Waals surface area contributed by atoms with Crippen molar-refractivity contribution in [1.29, 1.82) is 0 Å². The Hall–Kier alpha value is -1.90. The molecule has 0 saturated heterocycles. The van der Waals surface area contributed by atoms with Crippen LogP contribution in [0.3, 0.4) is 0 Å². The van der Waals surface area contributed by atoms with Crippen LogP contribution in [0.1, 0.15) is 77.5 Å². The maximum absolute atomic E-state index is 5.51. The maximum atomic E-state index is 5.51. The molecule has 3 rings (SSSR count). The Morgan fingerprint density at radius 1 is 0.821 bits per heavy atom. The largest absolute Gasteiger partial charge is 0.494 e. The average molecular weight is 381 g/mol. The van der Waals surface area contributed by atoms with Crippen molar-refractivity contribution in [2.24, 2.45) is 11.8 Å². The van der Waals surface area contributed by atoms with Crippen molar-refractivity contribution in [3.63, 3.8) is 0 Å². The first-order chi connectivity index (χ1) is 13.8. The Kier molecular flexibility index (Phi) is 8.32. The average Bonchev–Trinajstić information content (AvgIpc) is 2.75. The Balaban J connectivity index is 1.42. The summed E-state index contributed by atoms with van der Waals surface area (Å²) in [6.07, 6.45) is 17.5. The van der Waals surface area contributed by atoms with Gasteiger partial charge < -0.3 is 4.74 Å². The van der Waals surface area contributed by atoms with Gasteiger partial charge in [0.2, 0.25) is 0 Å². The van der Waals surface area contributed by atoms with Gasteiger partial charge in [-0.2, -0.15) is 0 Å². The molecular formula is C25H36N2O. The van der Waals surface area contributed by atoms with Crippen LogP contribution in [-0.2, 0) is 6.42 Å². The van der Waals surface area contributed by atoms with E-state index < -0.39 is 0 Å². The lowest BCUT2D eigenvalue weighted by atomic mass is 9.78. The lowest BCUT2D eigenvalue weighted by molar-refractivity contribution is 0.248. The molecule has 0 radical (unpaired) electrons. The van der Waals surface area contributed by atoms with Gasteiger partial charge >= 0.3 is 0 Å². The highest BCUT2D eigenvalue weighted by Gasteiger charge is 2.20. The van der Waals surface area contributed by atoms with Crippen LogP contribution >= 0.6 is 0 Å². The number of hydrogen-bond acceptors (Lipinski definition) is 3. The molecule has 2 aromatic rings. The van der Waals surface area contributed by atoms with Gasteiger partial charge in [0.1, 0.15) is 11.6 Å². The second kappa shape index (κ2) is 11.2. The SMILES string of the molecule is CCCCCC1CCC(CCc2ncc(-c3ccc(OCC)cc3)cn2)CC1. The lowest BCUT2D eigenvalue weighted by Gasteiger charge is -2.28. The highest BCUT2D eigenvalue weighted by molar-refractivity contribution is 5.62. The fraction of sp³-hybridized carbons (Fsp3) is 0.600. The first kappa shape index (κ1) is 20.8. The molecule has 1 aliphatic carbocycles. The molecule has 0 unspecified atom stereocenters. The molecule has 1 heterocycles. The third-order valence-electron chi connectivity index (χ3n) is 6.16. The van der Waals surface area contributed by atoms with Crippen LogP contribution in [0.25, 0.3) is 11.1 Å². The van der Waals surface area contributed by atoms with Crippen LogP contribution in [0.2, 0.25) is 0 Å². The molecule has 28 heavy (non-hydrogen) atoms. The zero-order chi connectivity index (χ0) is 19.6. The van der Waals surface area contributed by atoms with Gasteiger partial charge in [0.05, 0.1) is 6.61 Å². The van der Waals surface area contributed by atoms with Crippen molar-refractivity contribution in [3.05, 3.63) is 42.5 Å². The molecule has 0 N–H and O–H groups in total. The second-order valence-corrected chi connectivity index (χ2v) is 8.27. The number of rotatable bonds is 10. The fourth-order valence-electron chi connectivity index (χ4n) is 4.37. The maximum Gasteiger partial charge on any atom is 0.128 e. The molecule has 0 spiro atoms. The molecule has 1 aromatic carbocycles. The second-order valence-electron chi connectivity index (χ2n) is 8.27. The summed E-state index contributed by atoms with van der Waals surface area (Å²) < 4.78 is 5.51. The summed E-state index contributed by atoms with van der Waals surface area (Å²) in [4.78, 5) is 9.24. The molecule has 0 amide bonds. The number of unbranched alkanes of at least 4 members (excludes halogenated alkanes) is 2. The normalized spacial score (nSPS) is 19.5. The minimum atomic E-state index is 0.692. The van der Waals surface area contributed by atoms with Crippen LogP contribution in [0.5, 0.6) is 5.75 Å². The van der Waals surface area contributed by atoms with Gasteiger partial charge in [0.15, 0.2) is 0 Å². The van der Waals surface area contributed by atoms with Crippen molar-refractivity contribution in [2.45, 2.75) is 78.1 Å². The van der Waals surface area contributed by atoms with E-state index in [-0.39, 0.29) is 0 Å². The highest BCUT2D eigenvalue weighted by Crippen LogP contribution is 2.34. The standard InChI is InChI=1S/C25H36N2O/c1-3-5-6-7-20-8-10-21(11-9-20)12-17-25-26-18-23(19-27-25)22-13-15-24(16-14-22)28-4-2/h13-16,18-21H,3-12,17H2,1-2H3. The molecule has 152 valence electrons. The van der Waals surface area contributed by atoms with Crippen molar-refractivity contribution in [1.82, 2.24) is 9.97 Å². The Morgan fingerprint density at radius 2 is 1.46 bits per heavy atom. The number of hydrogen-bond donors (Lipinski definition) is 0. The van der Waals surface area contributed by atoms with E-state index in [4.69, 9.17) is 4.74 Å². The number of benzene rings is 1. The molecule has 1 fully saturated rings. The molecule has 0 atom stereocenters. The van der Waals surface area contributed by atoms with Gasteiger partial charge in [0, 0.05) is 24.4 Å². The smallest absolute Gasteiger partial charge is 0.128 e. The fourth-order valence-corrected chi connectivity index (χ4v) is 4.37. The summed E-state index contributed by atoms with van der Waals surface area (Å²) in [5, 5.41) is 0. The van der Waals surface area contributed by atoms with Gasteiger partial charge in [-0.3, -0.25) is 0 Å². The van der Waals surface area contributed by atoms with Crippen LogP contribution in [-0.4, -0.2) is 16.6 Å². The summed E-state index contributed by atoms with van der Waals surface area (Å²) in [6, 6.07) is 8.15. The molecule has 0 bridgehead atoms. The topological polar surface area (TPSA) is 35.0 Å². The van der Waals surface area contributed by atoms with Crippen LogP contribution in [0.15, 0.2) is 36.7 Å². The minimum absolute atomic E-state index is 0.692. The first-order valence-corrected chi connectivity index (χ1v) is 11.3. The summed E-state index contributed by atoms with van der Waals surface area (Å²) in [7, 11) is 0. The van der Waals surface area contributed by atoms with Gasteiger partial charge in [-0.25, -0.2) is 9.97 Å². The summed E-state index contributed by atoms with van der Waals surface area (Å²) in [6.45, 7) is 4.99.